The van der Waals surface area contributed by atoms with Crippen LogP contribution < -0.4 is 4.74 Å². The zero-order chi connectivity index (χ0) is 20.4. The largest absolute Gasteiger partial charge is 0.504 e. The van der Waals surface area contributed by atoms with E-state index in [1.165, 1.54) is 21.3 Å². The van der Waals surface area contributed by atoms with E-state index >= 15 is 0 Å². The Morgan fingerprint density at radius 3 is 2.21 bits per heavy atom. The first kappa shape index (κ1) is 19.7. The fraction of sp³-hybridized carbons (Fsp3) is 0.364. The van der Waals surface area contributed by atoms with Crippen LogP contribution >= 0.6 is 0 Å². The third kappa shape index (κ3) is 3.19. The van der Waals surface area contributed by atoms with Crippen molar-refractivity contribution in [2.24, 2.45) is 23.7 Å². The maximum Gasteiger partial charge on any atom is 0.334 e. The van der Waals surface area contributed by atoms with E-state index in [2.05, 4.69) is 6.58 Å². The average molecular weight is 384 g/mol. The maximum atomic E-state index is 12.3. The summed E-state index contributed by atoms with van der Waals surface area (Å²) in [6, 6.07) is 5.09. The third-order valence-electron chi connectivity index (χ3n) is 5.66. The number of benzene rings is 1. The molecule has 0 spiro atoms. The van der Waals surface area contributed by atoms with Crippen LogP contribution in [0.1, 0.15) is 12.0 Å². The lowest BCUT2D eigenvalue weighted by atomic mass is 9.64. The fourth-order valence-electron chi connectivity index (χ4n) is 4.38. The average Bonchev–Trinajstić information content (AvgIpc) is 2.99. The molecule has 6 heteroatoms. The zero-order valence-electron chi connectivity index (χ0n) is 16.2. The van der Waals surface area contributed by atoms with Gasteiger partial charge in [0.2, 0.25) is 0 Å². The lowest BCUT2D eigenvalue weighted by Crippen LogP contribution is -2.40. The minimum atomic E-state index is -0.490. The molecule has 2 aliphatic rings. The molecular formula is C22H24O6. The highest BCUT2D eigenvalue weighted by Crippen LogP contribution is 2.58. The molecule has 0 aromatic heterocycles. The number of aromatic hydroxyl groups is 1. The molecule has 1 saturated carbocycles. The number of fused-ring (bicyclic) bond motifs is 1. The monoisotopic (exact) mass is 384 g/mol. The predicted octanol–water partition coefficient (Wildman–Crippen LogP) is 3.12. The highest BCUT2D eigenvalue weighted by atomic mass is 16.5. The van der Waals surface area contributed by atoms with Gasteiger partial charge in [0.05, 0.1) is 32.5 Å². The van der Waals surface area contributed by atoms with Crippen molar-refractivity contribution >= 4 is 18.0 Å². The second-order valence-electron chi connectivity index (χ2n) is 6.95. The number of allylic oxidation sites excluding steroid dienone is 2. The molecule has 2 aliphatic carbocycles. The van der Waals surface area contributed by atoms with Gasteiger partial charge in [-0.15, -0.1) is 6.58 Å². The summed E-state index contributed by atoms with van der Waals surface area (Å²) < 4.78 is 14.9. The number of hydrogen-bond acceptors (Lipinski definition) is 6. The number of rotatable bonds is 6. The molecule has 4 atom stereocenters. The first-order valence-electron chi connectivity index (χ1n) is 9.05. The highest BCUT2D eigenvalue weighted by molar-refractivity contribution is 6.04. The van der Waals surface area contributed by atoms with Crippen LogP contribution in [0.2, 0.25) is 0 Å². The van der Waals surface area contributed by atoms with E-state index in [1.807, 2.05) is 18.2 Å². The Balaban J connectivity index is 1.93. The summed E-state index contributed by atoms with van der Waals surface area (Å²) in [4.78, 5) is 24.6. The number of carbonyl (C=O) groups is 2. The lowest BCUT2D eigenvalue weighted by Gasteiger charge is -2.38. The van der Waals surface area contributed by atoms with Crippen LogP contribution in [0, 0.1) is 23.7 Å². The third-order valence-corrected chi connectivity index (χ3v) is 5.66. The molecule has 0 unspecified atom stereocenters. The van der Waals surface area contributed by atoms with Crippen LogP contribution in [-0.2, 0) is 19.1 Å². The van der Waals surface area contributed by atoms with Crippen molar-refractivity contribution in [1.29, 1.82) is 0 Å². The van der Waals surface area contributed by atoms with Gasteiger partial charge in [0.25, 0.3) is 0 Å². The standard InChI is InChI=1S/C22H24O6/c1-5-13-11-14(8-6-12-7-9-15(23)16(10-12)26-2)18-17(13)19(21(24)27-3)20(18)22(25)28-4/h5-10,13-14,17-18,23H,1,11H2,2-4H3/b8-6+/t13-,14+,17+,18-/m1/s1. The molecule has 1 fully saturated rings. The van der Waals surface area contributed by atoms with E-state index in [0.29, 0.717) is 16.9 Å². The predicted molar refractivity (Wildman–Crippen MR) is 104 cm³/mol. The van der Waals surface area contributed by atoms with Gasteiger partial charge in [-0.2, -0.15) is 0 Å². The van der Waals surface area contributed by atoms with Gasteiger partial charge < -0.3 is 19.3 Å². The SMILES string of the molecule is C=C[C@@H]1C[C@H](/C=C/c2ccc(O)c(OC)c2)[C@H]2C(C(=O)OC)=C(C(=O)OC)[C@H]21. The van der Waals surface area contributed by atoms with Crippen LogP contribution in [0.5, 0.6) is 11.5 Å². The Morgan fingerprint density at radius 1 is 1.07 bits per heavy atom. The number of phenols is 1. The smallest absolute Gasteiger partial charge is 0.334 e. The minimum Gasteiger partial charge on any atom is -0.504 e. The topological polar surface area (TPSA) is 82.1 Å². The lowest BCUT2D eigenvalue weighted by molar-refractivity contribution is -0.142. The van der Waals surface area contributed by atoms with E-state index in [1.54, 1.807) is 18.2 Å². The molecule has 0 aliphatic heterocycles. The van der Waals surface area contributed by atoms with Crippen molar-refractivity contribution in [3.63, 3.8) is 0 Å². The molecule has 0 bridgehead atoms. The maximum absolute atomic E-state index is 12.3. The molecule has 3 rings (SSSR count). The van der Waals surface area contributed by atoms with E-state index in [0.717, 1.165) is 12.0 Å². The van der Waals surface area contributed by atoms with E-state index in [4.69, 9.17) is 14.2 Å². The van der Waals surface area contributed by atoms with Crippen molar-refractivity contribution in [1.82, 2.24) is 0 Å². The minimum absolute atomic E-state index is 0.0512. The normalized spacial score (nSPS) is 25.8. The van der Waals surface area contributed by atoms with Gasteiger partial charge in [-0.3, -0.25) is 0 Å². The summed E-state index contributed by atoms with van der Waals surface area (Å²) in [7, 11) is 4.12. The van der Waals surface area contributed by atoms with Crippen molar-refractivity contribution < 1.29 is 28.9 Å². The molecule has 0 radical (unpaired) electrons. The molecule has 0 saturated heterocycles. The number of esters is 2. The summed E-state index contributed by atoms with van der Waals surface area (Å²) >= 11 is 0. The quantitative estimate of drug-likeness (QED) is 0.599. The summed E-state index contributed by atoms with van der Waals surface area (Å²) in [5.41, 5.74) is 1.68. The van der Waals surface area contributed by atoms with Crippen molar-refractivity contribution in [3.05, 3.63) is 53.6 Å². The summed E-state index contributed by atoms with van der Waals surface area (Å²) in [6.45, 7) is 3.90. The van der Waals surface area contributed by atoms with Gasteiger partial charge in [0.1, 0.15) is 0 Å². The van der Waals surface area contributed by atoms with Crippen LogP contribution in [0.3, 0.4) is 0 Å². The van der Waals surface area contributed by atoms with Crippen LogP contribution in [-0.4, -0.2) is 38.4 Å². The summed E-state index contributed by atoms with van der Waals surface area (Å²) in [5.74, 6) is -0.584. The number of hydrogen-bond donors (Lipinski definition) is 1. The van der Waals surface area contributed by atoms with Gasteiger partial charge in [-0.1, -0.05) is 24.3 Å². The molecule has 0 heterocycles. The Kier molecular flexibility index (Phi) is 5.58. The van der Waals surface area contributed by atoms with E-state index in [9.17, 15) is 14.7 Å². The number of phenolic OH excluding ortho intramolecular Hbond substituents is 1. The molecule has 28 heavy (non-hydrogen) atoms. The van der Waals surface area contributed by atoms with E-state index in [-0.39, 0.29) is 29.4 Å². The van der Waals surface area contributed by atoms with Crippen LogP contribution in [0.25, 0.3) is 6.08 Å². The number of carbonyl (C=O) groups excluding carboxylic acids is 2. The van der Waals surface area contributed by atoms with Crippen molar-refractivity contribution in [2.75, 3.05) is 21.3 Å². The molecule has 6 nitrogen and oxygen atoms in total. The van der Waals surface area contributed by atoms with Gasteiger partial charge in [0, 0.05) is 11.8 Å². The van der Waals surface area contributed by atoms with Crippen molar-refractivity contribution in [2.45, 2.75) is 6.42 Å². The van der Waals surface area contributed by atoms with Crippen LogP contribution in [0.15, 0.2) is 48.1 Å². The van der Waals surface area contributed by atoms with Gasteiger partial charge in [0.15, 0.2) is 11.5 Å². The summed E-state index contributed by atoms with van der Waals surface area (Å²) in [6.07, 6.45) is 6.57. The Labute approximate surface area is 164 Å². The van der Waals surface area contributed by atoms with E-state index < -0.39 is 11.9 Å². The second-order valence-corrected chi connectivity index (χ2v) is 6.95. The highest BCUT2D eigenvalue weighted by Gasteiger charge is 2.57. The van der Waals surface area contributed by atoms with Gasteiger partial charge in [-0.25, -0.2) is 9.59 Å². The van der Waals surface area contributed by atoms with Gasteiger partial charge in [-0.05, 0) is 36.0 Å². The molecule has 148 valence electrons. The summed E-state index contributed by atoms with van der Waals surface area (Å²) in [5, 5.41) is 9.73. The molecule has 1 aromatic rings. The Morgan fingerprint density at radius 2 is 1.68 bits per heavy atom. The molecule has 0 amide bonds. The first-order chi connectivity index (χ1) is 13.5. The second kappa shape index (κ2) is 7.92. The number of methoxy groups -OCH3 is 3. The molecular weight excluding hydrogens is 360 g/mol. The molecule has 1 aromatic carbocycles. The number of ether oxygens (including phenoxy) is 3. The Bertz CT molecular complexity index is 866. The van der Waals surface area contributed by atoms with Gasteiger partial charge >= 0.3 is 11.9 Å². The van der Waals surface area contributed by atoms with Crippen molar-refractivity contribution in [3.8, 4) is 11.5 Å². The van der Waals surface area contributed by atoms with Crippen LogP contribution in [0.4, 0.5) is 0 Å². The Hall–Kier alpha value is -3.02. The molecule has 1 N–H and O–H groups in total. The zero-order valence-corrected chi connectivity index (χ0v) is 16.2. The first-order valence-corrected chi connectivity index (χ1v) is 9.05. The fourth-order valence-corrected chi connectivity index (χ4v) is 4.38.